The monoisotopic (exact) mass is 502 g/mol. The third-order valence-corrected chi connectivity index (χ3v) is 6.70. The second kappa shape index (κ2) is 9.08. The molecule has 2 heterocycles. The Hall–Kier alpha value is -4.67. The van der Waals surface area contributed by atoms with Crippen molar-refractivity contribution >= 4 is 31.5 Å². The minimum atomic E-state index is -0.651. The minimum Gasteiger partial charge on any atom is -0.208 e. The highest BCUT2D eigenvalue weighted by molar-refractivity contribution is 7.25. The van der Waals surface area contributed by atoms with Gasteiger partial charge in [0.2, 0.25) is 0 Å². The van der Waals surface area contributed by atoms with Crippen molar-refractivity contribution < 1.29 is 15.1 Å². The van der Waals surface area contributed by atoms with Crippen LogP contribution in [0.4, 0.5) is 0 Å². The van der Waals surface area contributed by atoms with Crippen LogP contribution in [0, 0.1) is 0 Å². The first kappa shape index (κ1) is 13.0. The highest BCUT2D eigenvalue weighted by Gasteiger charge is 2.14. The summed E-state index contributed by atoms with van der Waals surface area (Å²) in [4.78, 5) is 13.9. The fourth-order valence-corrected chi connectivity index (χ4v) is 4.89. The van der Waals surface area contributed by atoms with E-state index in [1.165, 1.54) is 0 Å². The van der Waals surface area contributed by atoms with E-state index in [9.17, 15) is 1.37 Å². The Kier molecular flexibility index (Phi) is 3.20. The van der Waals surface area contributed by atoms with Crippen molar-refractivity contribution in [3.05, 3.63) is 127 Å². The molecule has 4 heteroatoms. The fraction of sp³-hybridized carbons (Fsp3) is 0. The second-order valence-electron chi connectivity index (χ2n) is 8.05. The summed E-state index contributed by atoms with van der Waals surface area (Å²) in [6, 6.07) is 12.7. The molecule has 0 radical (unpaired) electrons. The highest BCUT2D eigenvalue weighted by atomic mass is 32.1. The molecule has 2 aromatic heterocycles. The summed E-state index contributed by atoms with van der Waals surface area (Å²) in [5.74, 6) is 0.583. The molecule has 0 fully saturated rings. The van der Waals surface area contributed by atoms with Crippen LogP contribution in [0.5, 0.6) is 0 Å². The smallest absolute Gasteiger partial charge is 0.164 e. The second-order valence-corrected chi connectivity index (χ2v) is 9.07. The fourth-order valence-electron chi connectivity index (χ4n) is 3.92. The molecule has 0 saturated heterocycles. The van der Waals surface area contributed by atoms with Crippen LogP contribution in [0.25, 0.3) is 65.5 Å². The van der Waals surface area contributed by atoms with Gasteiger partial charge in [0, 0.05) is 36.9 Å². The molecule has 0 atom stereocenters. The van der Waals surface area contributed by atoms with E-state index in [1.807, 2.05) is 60.7 Å². The van der Waals surface area contributed by atoms with Gasteiger partial charge < -0.3 is 0 Å². The van der Waals surface area contributed by atoms with Crippen molar-refractivity contribution in [2.24, 2.45) is 0 Å². The molecule has 0 aliphatic rings. The molecule has 0 aliphatic carbocycles. The van der Waals surface area contributed by atoms with Gasteiger partial charge in [0.05, 0.1) is 15.1 Å². The number of nitrogens with zero attached hydrogens (tertiary/aromatic N) is 3. The average molecular weight is 503 g/mol. The maximum absolute atomic E-state index is 9.26. The first-order valence-electron chi connectivity index (χ1n) is 16.8. The normalized spacial score (nSPS) is 15.4. The Morgan fingerprint density at radius 3 is 1.70 bits per heavy atom. The van der Waals surface area contributed by atoms with Crippen molar-refractivity contribution in [1.29, 1.82) is 0 Å². The van der Waals surface area contributed by atoms with Crippen molar-refractivity contribution in [3.63, 3.8) is 0 Å². The number of hydrogen-bond acceptors (Lipinski definition) is 4. The van der Waals surface area contributed by atoms with Gasteiger partial charge in [0.25, 0.3) is 0 Å². The molecule has 37 heavy (non-hydrogen) atoms. The summed E-state index contributed by atoms with van der Waals surface area (Å²) in [7, 11) is 0. The molecular weight excluding hydrogens is 470 g/mol. The first-order chi connectivity index (χ1) is 22.9. The van der Waals surface area contributed by atoms with Gasteiger partial charge in [0.15, 0.2) is 17.5 Å². The van der Waals surface area contributed by atoms with Crippen LogP contribution in [-0.4, -0.2) is 15.0 Å². The Morgan fingerprint density at radius 1 is 0.459 bits per heavy atom. The van der Waals surface area contributed by atoms with Gasteiger partial charge in [-0.2, -0.15) is 0 Å². The van der Waals surface area contributed by atoms with Gasteiger partial charge in [-0.1, -0.05) is 109 Å². The van der Waals surface area contributed by atoms with E-state index in [0.717, 1.165) is 11.3 Å². The summed E-state index contributed by atoms with van der Waals surface area (Å²) in [6.45, 7) is 0. The van der Waals surface area contributed by atoms with Gasteiger partial charge in [-0.15, -0.1) is 11.3 Å². The minimum absolute atomic E-state index is 0.0104. The molecule has 0 N–H and O–H groups in total. The predicted octanol–water partition coefficient (Wildman–Crippen LogP) is 8.91. The Morgan fingerprint density at radius 2 is 1.05 bits per heavy atom. The third kappa shape index (κ3) is 4.07. The maximum Gasteiger partial charge on any atom is 0.164 e. The van der Waals surface area contributed by atoms with E-state index in [0.29, 0.717) is 22.8 Å². The summed E-state index contributed by atoms with van der Waals surface area (Å²) in [6.07, 6.45) is 0. The van der Waals surface area contributed by atoms with E-state index in [4.69, 9.17) is 13.7 Å². The van der Waals surface area contributed by atoms with E-state index in [1.54, 1.807) is 0 Å². The van der Waals surface area contributed by atoms with E-state index in [-0.39, 0.29) is 49.2 Å². The van der Waals surface area contributed by atoms with Crippen LogP contribution in [0.15, 0.2) is 127 Å². The van der Waals surface area contributed by atoms with Crippen LogP contribution in [-0.2, 0) is 0 Å². The van der Waals surface area contributed by atoms with Gasteiger partial charge in [0.1, 0.15) is 0 Å². The molecular formula is C33H21N3S. The van der Waals surface area contributed by atoms with Gasteiger partial charge in [-0.3, -0.25) is 0 Å². The van der Waals surface area contributed by atoms with Crippen molar-refractivity contribution in [2.45, 2.75) is 0 Å². The number of aromatic nitrogens is 3. The van der Waals surface area contributed by atoms with E-state index >= 15 is 0 Å². The number of thiophene rings is 1. The zero-order valence-corrected chi connectivity index (χ0v) is 19.8. The zero-order chi connectivity index (χ0) is 34.2. The van der Waals surface area contributed by atoms with E-state index < -0.39 is 59.9 Å². The summed E-state index contributed by atoms with van der Waals surface area (Å²) in [5, 5.41) is 0.00319. The standard InChI is InChI=1S/C33H21N3S/c1-4-10-22(11-5-1)25-17-19-29-28(20-25)27-18-16-26(21-30(27)37-29)33-35-31(23-12-6-2-7-13-23)34-32(36-33)24-14-8-3-9-15-24/h1-21H/i1D,4D,5D,10D,11D,16D,17D,18D,19D,20D,21D. The van der Waals surface area contributed by atoms with Crippen molar-refractivity contribution in [1.82, 2.24) is 15.0 Å². The van der Waals surface area contributed by atoms with Crippen LogP contribution >= 0.6 is 11.3 Å². The van der Waals surface area contributed by atoms with Crippen LogP contribution < -0.4 is 0 Å². The molecule has 0 unspecified atom stereocenters. The lowest BCUT2D eigenvalue weighted by Crippen LogP contribution is -1.99. The highest BCUT2D eigenvalue weighted by Crippen LogP contribution is 2.38. The lowest BCUT2D eigenvalue weighted by molar-refractivity contribution is 1.07. The van der Waals surface area contributed by atoms with Crippen molar-refractivity contribution in [3.8, 4) is 45.3 Å². The van der Waals surface area contributed by atoms with Crippen molar-refractivity contribution in [2.75, 3.05) is 0 Å². The van der Waals surface area contributed by atoms with Gasteiger partial charge in [-0.25, -0.2) is 15.0 Å². The molecule has 0 bridgehead atoms. The number of rotatable bonds is 4. The SMILES string of the molecule is [2H]c1c([2H])c([2H])c(-c2c([2H])c([2H])c3sc4c([2H])c(-c5nc(-c6ccccc6)nc(-c6ccccc6)n5)c([2H])c([2H])c4c3c2[2H])c([2H])c1[2H]. The largest absolute Gasteiger partial charge is 0.208 e. The Bertz CT molecular complexity index is 2380. The summed E-state index contributed by atoms with van der Waals surface area (Å²) >= 11 is 0.910. The third-order valence-electron chi connectivity index (χ3n) is 5.68. The molecule has 174 valence electrons. The maximum atomic E-state index is 9.26. The zero-order valence-electron chi connectivity index (χ0n) is 30.0. The quantitative estimate of drug-likeness (QED) is 0.241. The Labute approximate surface area is 234 Å². The lowest BCUT2D eigenvalue weighted by Gasteiger charge is -2.08. The van der Waals surface area contributed by atoms with Gasteiger partial charge >= 0.3 is 0 Å². The number of hydrogen-bond donors (Lipinski definition) is 0. The van der Waals surface area contributed by atoms with E-state index in [2.05, 4.69) is 15.0 Å². The molecule has 0 amide bonds. The number of fused-ring (bicyclic) bond motifs is 3. The molecule has 7 aromatic rings. The molecule has 7 rings (SSSR count). The van der Waals surface area contributed by atoms with Crippen LogP contribution in [0.3, 0.4) is 0 Å². The molecule has 0 saturated carbocycles. The molecule has 5 aromatic carbocycles. The molecule has 3 nitrogen and oxygen atoms in total. The first-order valence-corrected chi connectivity index (χ1v) is 12.1. The van der Waals surface area contributed by atoms with Crippen LogP contribution in [0.2, 0.25) is 0 Å². The topological polar surface area (TPSA) is 38.7 Å². The molecule has 0 aliphatic heterocycles. The number of benzene rings is 5. The molecule has 0 spiro atoms. The lowest BCUT2D eigenvalue weighted by atomic mass is 10.0. The predicted molar refractivity (Wildman–Crippen MR) is 154 cm³/mol. The summed E-state index contributed by atoms with van der Waals surface area (Å²) in [5.41, 5.74) is 0.532. The average Bonchev–Trinajstić information content (AvgIpc) is 3.52. The van der Waals surface area contributed by atoms with Gasteiger partial charge in [-0.05, 0) is 29.3 Å². The van der Waals surface area contributed by atoms with Crippen LogP contribution in [0.1, 0.15) is 15.1 Å². The Balaban J connectivity index is 1.55. The summed E-state index contributed by atoms with van der Waals surface area (Å²) < 4.78 is 95.5.